The molecular weight excluding hydrogens is 538 g/mol. The zero-order valence-corrected chi connectivity index (χ0v) is 23.0. The van der Waals surface area contributed by atoms with Crippen molar-refractivity contribution in [2.45, 2.75) is 43.9 Å². The van der Waals surface area contributed by atoms with Gasteiger partial charge < -0.3 is 4.74 Å². The van der Waals surface area contributed by atoms with Crippen LogP contribution in [0, 0.1) is 25.3 Å². The van der Waals surface area contributed by atoms with Crippen molar-refractivity contribution in [2.24, 2.45) is 11.8 Å². The van der Waals surface area contributed by atoms with Crippen LogP contribution in [0.1, 0.15) is 37.1 Å². The summed E-state index contributed by atoms with van der Waals surface area (Å²) in [6.07, 6.45) is 8.14. The summed E-state index contributed by atoms with van der Waals surface area (Å²) >= 11 is 6.27. The first kappa shape index (κ1) is 26.8. The number of carbonyl (C=O) groups excluding carboxylic acids is 1. The smallest absolute Gasteiger partial charge is 0.308 e. The minimum absolute atomic E-state index is 0.111. The van der Waals surface area contributed by atoms with Gasteiger partial charge in [-0.1, -0.05) is 35.7 Å². The van der Waals surface area contributed by atoms with Gasteiger partial charge in [0.2, 0.25) is 5.69 Å². The number of nitrogens with zero attached hydrogens (tertiary/aromatic N) is 5. The van der Waals surface area contributed by atoms with Crippen molar-refractivity contribution in [1.82, 2.24) is 18.9 Å². The molecule has 39 heavy (non-hydrogen) atoms. The number of fused-ring (bicyclic) bond motifs is 1. The van der Waals surface area contributed by atoms with Crippen LogP contribution in [0.4, 0.5) is 5.69 Å². The Morgan fingerprint density at radius 1 is 1.21 bits per heavy atom. The van der Waals surface area contributed by atoms with Crippen molar-refractivity contribution >= 4 is 44.3 Å². The van der Waals surface area contributed by atoms with Gasteiger partial charge in [-0.2, -0.15) is 0 Å². The lowest BCUT2D eigenvalue weighted by molar-refractivity contribution is -0.147. The molecule has 0 saturated heterocycles. The molecule has 5 rings (SSSR count). The Hall–Kier alpha value is -3.81. The predicted molar refractivity (Wildman–Crippen MR) is 147 cm³/mol. The number of methoxy groups -OCH3 is 1. The standard InChI is InChI=1S/C28H26ClN5O4S/c1-17-7-9-21(10-8-17)39(36,37)34-16-23(22-13-20(29)14-32-27(22)34)26-24(30-2)15-31-25(33-26)12-18-5-4-6-19(11-18)28(35)38-3/h7-10,13-16,18-19H,4-6,11-12H2,1,3H3/t18-,19+/m0/s1. The van der Waals surface area contributed by atoms with Crippen molar-refractivity contribution in [3.8, 4) is 11.3 Å². The Kier molecular flexibility index (Phi) is 7.38. The van der Waals surface area contributed by atoms with Crippen LogP contribution in [0.15, 0.2) is 53.8 Å². The lowest BCUT2D eigenvalue weighted by atomic mass is 9.80. The molecule has 0 radical (unpaired) electrons. The third-order valence-corrected chi connectivity index (χ3v) is 9.01. The minimum Gasteiger partial charge on any atom is -0.469 e. The van der Waals surface area contributed by atoms with E-state index in [4.69, 9.17) is 27.9 Å². The number of halogens is 1. The largest absolute Gasteiger partial charge is 0.469 e. The summed E-state index contributed by atoms with van der Waals surface area (Å²) in [5.74, 6) is 0.365. The van der Waals surface area contributed by atoms with Gasteiger partial charge in [0, 0.05) is 36.0 Å². The number of esters is 1. The molecule has 1 aliphatic carbocycles. The number of pyridine rings is 1. The van der Waals surface area contributed by atoms with Crippen LogP contribution < -0.4 is 0 Å². The van der Waals surface area contributed by atoms with Crippen LogP contribution in [-0.4, -0.2) is 40.4 Å². The zero-order chi connectivity index (χ0) is 27.7. The Labute approximate surface area is 231 Å². The number of ether oxygens (including phenoxy) is 1. The molecule has 0 N–H and O–H groups in total. The van der Waals surface area contributed by atoms with Gasteiger partial charge in [-0.15, -0.1) is 0 Å². The van der Waals surface area contributed by atoms with Crippen LogP contribution in [0.3, 0.4) is 0 Å². The molecule has 4 aromatic rings. The highest BCUT2D eigenvalue weighted by Gasteiger charge is 2.29. The third kappa shape index (κ3) is 5.24. The quantitative estimate of drug-likeness (QED) is 0.216. The van der Waals surface area contributed by atoms with Gasteiger partial charge in [-0.3, -0.25) is 9.78 Å². The Bertz CT molecular complexity index is 1710. The number of hydrogen-bond acceptors (Lipinski definition) is 7. The van der Waals surface area contributed by atoms with E-state index in [1.54, 1.807) is 30.3 Å². The molecule has 3 heterocycles. The highest BCUT2D eigenvalue weighted by atomic mass is 35.5. The van der Waals surface area contributed by atoms with Gasteiger partial charge in [0.15, 0.2) is 5.65 Å². The van der Waals surface area contributed by atoms with E-state index in [-0.39, 0.29) is 34.0 Å². The van der Waals surface area contributed by atoms with E-state index in [0.29, 0.717) is 40.3 Å². The second-order valence-electron chi connectivity index (χ2n) is 9.77. The fraction of sp³-hybridized carbons (Fsp3) is 0.321. The first-order valence-corrected chi connectivity index (χ1v) is 14.3. The van der Waals surface area contributed by atoms with Gasteiger partial charge in [0.05, 0.1) is 35.2 Å². The lowest BCUT2D eigenvalue weighted by Crippen LogP contribution is -2.25. The van der Waals surface area contributed by atoms with Crippen LogP contribution >= 0.6 is 11.6 Å². The fourth-order valence-electron chi connectivity index (χ4n) is 5.16. The zero-order valence-electron chi connectivity index (χ0n) is 21.5. The van der Waals surface area contributed by atoms with E-state index in [2.05, 4.69) is 14.8 Å². The molecule has 3 aromatic heterocycles. The summed E-state index contributed by atoms with van der Waals surface area (Å²) < 4.78 is 33.3. The number of aromatic nitrogens is 4. The summed E-state index contributed by atoms with van der Waals surface area (Å²) in [6.45, 7) is 9.59. The predicted octanol–water partition coefficient (Wildman–Crippen LogP) is 5.76. The molecule has 200 valence electrons. The summed E-state index contributed by atoms with van der Waals surface area (Å²) in [4.78, 5) is 29.3. The first-order chi connectivity index (χ1) is 18.7. The molecule has 0 amide bonds. The molecule has 0 aliphatic heterocycles. The first-order valence-electron chi connectivity index (χ1n) is 12.5. The summed E-state index contributed by atoms with van der Waals surface area (Å²) in [6, 6.07) is 8.18. The summed E-state index contributed by atoms with van der Waals surface area (Å²) in [7, 11) is -2.60. The van der Waals surface area contributed by atoms with Crippen molar-refractivity contribution in [2.75, 3.05) is 7.11 Å². The SMILES string of the molecule is [C-]#[N+]c1cnc(C[C@H]2CCC[C@@H](C(=O)OC)C2)nc1-c1cn(S(=O)(=O)c2ccc(C)cc2)c2ncc(Cl)cc12. The molecule has 1 aromatic carbocycles. The highest BCUT2D eigenvalue weighted by molar-refractivity contribution is 7.90. The van der Waals surface area contributed by atoms with Gasteiger partial charge in [-0.25, -0.2) is 27.2 Å². The maximum absolute atomic E-state index is 13.6. The fourth-order valence-corrected chi connectivity index (χ4v) is 6.64. The number of carbonyl (C=O) groups is 1. The van der Waals surface area contributed by atoms with E-state index in [9.17, 15) is 13.2 Å². The van der Waals surface area contributed by atoms with Crippen LogP contribution in [-0.2, 0) is 26.0 Å². The molecule has 11 heteroatoms. The van der Waals surface area contributed by atoms with Crippen molar-refractivity contribution in [3.05, 3.63) is 76.8 Å². The van der Waals surface area contributed by atoms with Gasteiger partial charge in [-0.05, 0) is 50.3 Å². The molecular formula is C28H26ClN5O4S. The second kappa shape index (κ2) is 10.8. The van der Waals surface area contributed by atoms with Gasteiger partial charge >= 0.3 is 5.97 Å². The second-order valence-corrected chi connectivity index (χ2v) is 12.0. The van der Waals surface area contributed by atoms with E-state index in [1.165, 1.54) is 25.7 Å². The molecule has 0 unspecified atom stereocenters. The Morgan fingerprint density at radius 2 is 1.97 bits per heavy atom. The Balaban J connectivity index is 1.59. The summed E-state index contributed by atoms with van der Waals surface area (Å²) in [5.41, 5.74) is 2.02. The van der Waals surface area contributed by atoms with Crippen LogP contribution in [0.25, 0.3) is 27.1 Å². The van der Waals surface area contributed by atoms with Crippen LogP contribution in [0.5, 0.6) is 0 Å². The maximum atomic E-state index is 13.6. The van der Waals surface area contributed by atoms with E-state index in [0.717, 1.165) is 28.8 Å². The normalized spacial score (nSPS) is 17.6. The highest BCUT2D eigenvalue weighted by Crippen LogP contribution is 2.38. The molecule has 1 aliphatic rings. The topological polar surface area (TPSA) is 108 Å². The molecule has 0 spiro atoms. The van der Waals surface area contributed by atoms with Crippen LogP contribution in [0.2, 0.25) is 5.02 Å². The minimum atomic E-state index is -4.01. The Morgan fingerprint density at radius 3 is 2.69 bits per heavy atom. The van der Waals surface area contributed by atoms with E-state index in [1.807, 2.05) is 6.92 Å². The average molecular weight is 564 g/mol. The van der Waals surface area contributed by atoms with Crippen molar-refractivity contribution in [3.63, 3.8) is 0 Å². The van der Waals surface area contributed by atoms with Gasteiger partial charge in [0.25, 0.3) is 10.0 Å². The van der Waals surface area contributed by atoms with E-state index < -0.39 is 10.0 Å². The molecule has 1 saturated carbocycles. The monoisotopic (exact) mass is 563 g/mol. The van der Waals surface area contributed by atoms with Crippen molar-refractivity contribution in [1.29, 1.82) is 0 Å². The van der Waals surface area contributed by atoms with E-state index >= 15 is 0 Å². The number of benzene rings is 1. The number of hydrogen-bond donors (Lipinski definition) is 0. The van der Waals surface area contributed by atoms with Crippen molar-refractivity contribution < 1.29 is 17.9 Å². The maximum Gasteiger partial charge on any atom is 0.308 e. The molecule has 0 bridgehead atoms. The summed E-state index contributed by atoms with van der Waals surface area (Å²) in [5, 5.41) is 0.778. The molecule has 2 atom stereocenters. The number of rotatable bonds is 6. The molecule has 9 nitrogen and oxygen atoms in total. The third-order valence-electron chi connectivity index (χ3n) is 7.14. The molecule has 1 fully saturated rings. The number of aryl methyl sites for hydroxylation is 1. The van der Waals surface area contributed by atoms with Gasteiger partial charge in [0.1, 0.15) is 5.82 Å². The lowest BCUT2D eigenvalue weighted by Gasteiger charge is -2.27. The average Bonchev–Trinajstić information content (AvgIpc) is 3.32.